The van der Waals surface area contributed by atoms with Crippen LogP contribution in [0.5, 0.6) is 0 Å². The maximum absolute atomic E-state index is 13.2. The highest BCUT2D eigenvalue weighted by molar-refractivity contribution is 5.98. The topological polar surface area (TPSA) is 61.0 Å². The van der Waals surface area contributed by atoms with Gasteiger partial charge in [0.05, 0.1) is 18.3 Å². The summed E-state index contributed by atoms with van der Waals surface area (Å²) in [5, 5.41) is 4.57. The molecule has 28 heavy (non-hydrogen) atoms. The van der Waals surface area contributed by atoms with Crippen LogP contribution in [0.1, 0.15) is 42.4 Å². The van der Waals surface area contributed by atoms with E-state index in [0.29, 0.717) is 18.8 Å². The lowest BCUT2D eigenvalue weighted by Crippen LogP contribution is -2.41. The van der Waals surface area contributed by atoms with Crippen molar-refractivity contribution in [3.63, 3.8) is 0 Å². The van der Waals surface area contributed by atoms with Crippen molar-refractivity contribution < 1.29 is 4.79 Å². The number of carbonyl (C=O) groups is 1. The summed E-state index contributed by atoms with van der Waals surface area (Å²) < 4.78 is 0. The molecule has 0 unspecified atom stereocenters. The number of para-hydroxylation sites is 1. The number of amides is 1. The Morgan fingerprint density at radius 3 is 2.89 bits per heavy atom. The van der Waals surface area contributed by atoms with E-state index < -0.39 is 0 Å². The largest absolute Gasteiger partial charge is 0.383 e. The van der Waals surface area contributed by atoms with E-state index in [1.807, 2.05) is 66.6 Å². The van der Waals surface area contributed by atoms with E-state index in [0.717, 1.165) is 35.9 Å². The molecule has 0 bridgehead atoms. The molecule has 0 spiro atoms. The van der Waals surface area contributed by atoms with Gasteiger partial charge in [-0.15, -0.1) is 0 Å². The lowest BCUT2D eigenvalue weighted by Gasteiger charge is -2.32. The summed E-state index contributed by atoms with van der Waals surface area (Å²) in [6.07, 6.45) is 7.11. The Morgan fingerprint density at radius 1 is 1.25 bits per heavy atom. The van der Waals surface area contributed by atoms with Gasteiger partial charge < -0.3 is 15.2 Å². The minimum atomic E-state index is 0.0610. The fourth-order valence-corrected chi connectivity index (χ4v) is 3.87. The molecule has 2 heterocycles. The van der Waals surface area contributed by atoms with Crippen molar-refractivity contribution in [2.24, 2.45) is 0 Å². The van der Waals surface area contributed by atoms with Gasteiger partial charge in [0.15, 0.2) is 0 Å². The number of H-pyrrole nitrogens is 1. The number of hydrogen-bond acceptors (Lipinski definition) is 3. The molecule has 1 aromatic carbocycles. The maximum atomic E-state index is 13.2. The first kappa shape index (κ1) is 18.3. The summed E-state index contributed by atoms with van der Waals surface area (Å²) in [7, 11) is 0. The molecule has 5 heteroatoms. The number of hydrogen-bond donors (Lipinski definition) is 2. The van der Waals surface area contributed by atoms with Crippen molar-refractivity contribution in [1.82, 2.24) is 20.2 Å². The minimum absolute atomic E-state index is 0.0610. The molecule has 144 valence electrons. The molecule has 5 nitrogen and oxygen atoms in total. The molecule has 0 saturated carbocycles. The molecule has 3 aromatic rings. The highest BCUT2D eigenvalue weighted by Gasteiger charge is 2.25. The number of rotatable bonds is 6. The van der Waals surface area contributed by atoms with Crippen LogP contribution >= 0.6 is 0 Å². The number of fused-ring (bicyclic) bond motifs is 1. The van der Waals surface area contributed by atoms with Gasteiger partial charge in [-0.3, -0.25) is 9.78 Å². The van der Waals surface area contributed by atoms with Crippen molar-refractivity contribution in [3.8, 4) is 0 Å². The van der Waals surface area contributed by atoms with Crippen LogP contribution < -0.4 is 5.32 Å². The molecule has 1 atom stereocenters. The quantitative estimate of drug-likeness (QED) is 0.678. The molecule has 1 aliphatic rings. The summed E-state index contributed by atoms with van der Waals surface area (Å²) in [5.74, 6) is 0.0610. The summed E-state index contributed by atoms with van der Waals surface area (Å²) >= 11 is 0. The van der Waals surface area contributed by atoms with Crippen LogP contribution in [0.4, 0.5) is 0 Å². The average molecular weight is 374 g/mol. The van der Waals surface area contributed by atoms with Crippen LogP contribution in [0.2, 0.25) is 0 Å². The van der Waals surface area contributed by atoms with Gasteiger partial charge in [-0.25, -0.2) is 0 Å². The number of carbonyl (C=O) groups excluding carboxylic acids is 1. The molecule has 2 N–H and O–H groups in total. The van der Waals surface area contributed by atoms with Gasteiger partial charge in [0, 0.05) is 29.3 Å². The molecule has 0 fully saturated rings. The van der Waals surface area contributed by atoms with E-state index in [1.54, 1.807) is 0 Å². The number of nitrogens with zero attached hydrogens (tertiary/aromatic N) is 2. The van der Waals surface area contributed by atoms with Crippen molar-refractivity contribution >= 4 is 16.8 Å². The van der Waals surface area contributed by atoms with E-state index in [4.69, 9.17) is 0 Å². The summed E-state index contributed by atoms with van der Waals surface area (Å²) in [6.45, 7) is 3.44. The van der Waals surface area contributed by atoms with Crippen molar-refractivity contribution in [3.05, 3.63) is 77.9 Å². The van der Waals surface area contributed by atoms with Gasteiger partial charge in [0.25, 0.3) is 5.91 Å². The van der Waals surface area contributed by atoms with Crippen molar-refractivity contribution in [2.75, 3.05) is 6.54 Å². The Labute approximate surface area is 165 Å². The fourth-order valence-electron chi connectivity index (χ4n) is 3.87. The van der Waals surface area contributed by atoms with Crippen LogP contribution in [-0.2, 0) is 6.54 Å². The highest BCUT2D eigenvalue weighted by atomic mass is 16.2. The molecule has 0 saturated heterocycles. The predicted octanol–water partition coefficient (Wildman–Crippen LogP) is 4.25. The third kappa shape index (κ3) is 3.93. The lowest BCUT2D eigenvalue weighted by molar-refractivity contribution is 0.0706. The van der Waals surface area contributed by atoms with Gasteiger partial charge in [-0.1, -0.05) is 24.3 Å². The number of likely N-dealkylation sites (N-methyl/N-ethyl adjacent to an activating group) is 1. The predicted molar refractivity (Wildman–Crippen MR) is 112 cm³/mol. The van der Waals surface area contributed by atoms with Gasteiger partial charge >= 0.3 is 0 Å². The number of nitrogens with one attached hydrogen (secondary N) is 2. The lowest BCUT2D eigenvalue weighted by atomic mass is 9.98. The van der Waals surface area contributed by atoms with Crippen LogP contribution in [-0.4, -0.2) is 33.4 Å². The third-order valence-electron chi connectivity index (χ3n) is 5.32. The molecule has 4 rings (SSSR count). The zero-order valence-electron chi connectivity index (χ0n) is 16.2. The smallest absolute Gasteiger partial charge is 0.270 e. The third-order valence-corrected chi connectivity index (χ3v) is 5.32. The summed E-state index contributed by atoms with van der Waals surface area (Å²) in [5.41, 5.74) is 3.88. The number of benzene rings is 1. The zero-order chi connectivity index (χ0) is 19.3. The summed E-state index contributed by atoms with van der Waals surface area (Å²) in [6, 6.07) is 16.0. The normalized spacial score (nSPS) is 16.6. The molecular formula is C23H26N4O. The second-order valence-corrected chi connectivity index (χ2v) is 7.19. The molecule has 1 amide bonds. The van der Waals surface area contributed by atoms with Crippen molar-refractivity contribution in [1.29, 1.82) is 0 Å². The van der Waals surface area contributed by atoms with Gasteiger partial charge in [0.1, 0.15) is 5.69 Å². The Hall–Kier alpha value is -3.08. The van der Waals surface area contributed by atoms with E-state index >= 15 is 0 Å². The Bertz CT molecular complexity index is 943. The summed E-state index contributed by atoms with van der Waals surface area (Å²) in [4.78, 5) is 22.8. The number of aromatic amines is 1. The second-order valence-electron chi connectivity index (χ2n) is 7.19. The Morgan fingerprint density at radius 2 is 2.11 bits per heavy atom. The van der Waals surface area contributed by atoms with Crippen LogP contribution in [0.15, 0.2) is 66.5 Å². The first-order chi connectivity index (χ1) is 13.7. The molecule has 2 aromatic heterocycles. The fraction of sp³-hybridized carbons (Fsp3) is 0.304. The number of pyridine rings is 1. The van der Waals surface area contributed by atoms with Gasteiger partial charge in [-0.2, -0.15) is 0 Å². The zero-order valence-corrected chi connectivity index (χ0v) is 16.2. The second kappa shape index (κ2) is 8.30. The van der Waals surface area contributed by atoms with Crippen molar-refractivity contribution in [2.45, 2.75) is 38.8 Å². The average Bonchev–Trinajstić information content (AvgIpc) is 3.18. The standard InChI is InChI=1S/C23H26N4O/c1-2-27(23(28)22-14-17-8-3-4-12-21(17)26-22)20-11-7-10-18(15-20)25-16-19-9-5-6-13-24-19/h3-6,8-9,12-15,20,25-26H,2,7,10-11,16H2,1H3/t20-/m0/s1. The van der Waals surface area contributed by atoms with E-state index in [9.17, 15) is 4.79 Å². The first-order valence-electron chi connectivity index (χ1n) is 9.98. The van der Waals surface area contributed by atoms with E-state index in [-0.39, 0.29) is 11.9 Å². The van der Waals surface area contributed by atoms with Crippen LogP contribution in [0.3, 0.4) is 0 Å². The van der Waals surface area contributed by atoms with Crippen LogP contribution in [0.25, 0.3) is 10.9 Å². The highest BCUT2D eigenvalue weighted by Crippen LogP contribution is 2.23. The Balaban J connectivity index is 1.49. The number of aromatic nitrogens is 2. The van der Waals surface area contributed by atoms with E-state index in [1.165, 1.54) is 5.70 Å². The molecule has 1 aliphatic carbocycles. The molecular weight excluding hydrogens is 348 g/mol. The minimum Gasteiger partial charge on any atom is -0.383 e. The van der Waals surface area contributed by atoms with Gasteiger partial charge in [0.2, 0.25) is 0 Å². The maximum Gasteiger partial charge on any atom is 0.270 e. The molecule has 0 radical (unpaired) electrons. The number of allylic oxidation sites excluding steroid dienone is 1. The monoisotopic (exact) mass is 374 g/mol. The van der Waals surface area contributed by atoms with E-state index in [2.05, 4.69) is 21.4 Å². The van der Waals surface area contributed by atoms with Crippen LogP contribution in [0, 0.1) is 0 Å². The Kier molecular flexibility index (Phi) is 5.42. The molecule has 0 aliphatic heterocycles. The van der Waals surface area contributed by atoms with Gasteiger partial charge in [-0.05, 0) is 56.5 Å². The SMILES string of the molecule is CCN(C(=O)c1cc2ccccc2[nH]1)[C@@H]1C=C(NCc2ccccn2)CCC1. The first-order valence-corrected chi connectivity index (χ1v) is 9.98.